The number of ether oxygens (including phenoxy) is 2. The van der Waals surface area contributed by atoms with E-state index in [1.165, 1.54) is 23.8 Å². The predicted molar refractivity (Wildman–Crippen MR) is 124 cm³/mol. The highest BCUT2D eigenvalue weighted by atomic mass is 32.1. The van der Waals surface area contributed by atoms with Crippen molar-refractivity contribution >= 4 is 28.2 Å². The molecule has 3 aliphatic rings. The van der Waals surface area contributed by atoms with Crippen molar-refractivity contribution in [2.45, 2.75) is 70.9 Å². The number of rotatable bonds is 4. The zero-order chi connectivity index (χ0) is 23.3. The first-order chi connectivity index (χ1) is 15.7. The second kappa shape index (κ2) is 8.48. The summed E-state index contributed by atoms with van der Waals surface area (Å²) in [4.78, 5) is 24.8. The number of carbonyl (C=O) groups is 1. The Morgan fingerprint density at radius 2 is 2.09 bits per heavy atom. The van der Waals surface area contributed by atoms with Gasteiger partial charge in [-0.15, -0.1) is 0 Å². The molecule has 1 N–H and O–H groups in total. The summed E-state index contributed by atoms with van der Waals surface area (Å²) in [5.74, 6) is 1.04. The summed E-state index contributed by atoms with van der Waals surface area (Å²) in [5.41, 5.74) is 0.854. The van der Waals surface area contributed by atoms with Crippen LogP contribution in [0.2, 0.25) is 0 Å². The van der Waals surface area contributed by atoms with E-state index in [1.807, 2.05) is 6.20 Å². The molecule has 0 bridgehead atoms. The van der Waals surface area contributed by atoms with Gasteiger partial charge in [-0.25, -0.2) is 4.98 Å². The first-order valence-corrected chi connectivity index (χ1v) is 12.3. The van der Waals surface area contributed by atoms with Crippen molar-refractivity contribution in [2.75, 3.05) is 29.9 Å². The third-order valence-corrected chi connectivity index (χ3v) is 7.51. The van der Waals surface area contributed by atoms with Crippen LogP contribution in [0.15, 0.2) is 12.3 Å². The van der Waals surface area contributed by atoms with Crippen LogP contribution in [-0.4, -0.2) is 64.3 Å². The molecule has 2 fully saturated rings. The molecule has 2 saturated heterocycles. The number of pyridine rings is 1. The number of anilines is 2. The van der Waals surface area contributed by atoms with Crippen molar-refractivity contribution < 1.29 is 18.7 Å². The van der Waals surface area contributed by atoms with Crippen molar-refractivity contribution in [3.05, 3.63) is 28.7 Å². The molecule has 1 spiro atoms. The van der Waals surface area contributed by atoms with Gasteiger partial charge in [0.15, 0.2) is 5.13 Å². The normalized spacial score (nSPS) is 29.4. The molecule has 4 atom stereocenters. The average Bonchev–Trinajstić information content (AvgIpc) is 3.34. The minimum Gasteiger partial charge on any atom is -0.484 e. The third kappa shape index (κ3) is 4.56. The number of aromatic nitrogens is 2. The minimum absolute atomic E-state index is 0.175. The number of nitrogens with zero attached hydrogens (tertiary/aromatic N) is 4. The van der Waals surface area contributed by atoms with Gasteiger partial charge >= 0.3 is 0 Å². The lowest BCUT2D eigenvalue weighted by atomic mass is 9.95. The largest absolute Gasteiger partial charge is 0.484 e. The molecule has 8 nitrogen and oxygen atoms in total. The predicted octanol–water partition coefficient (Wildman–Crippen LogP) is 3.22. The van der Waals surface area contributed by atoms with E-state index in [9.17, 15) is 9.18 Å². The van der Waals surface area contributed by atoms with Gasteiger partial charge in [0.25, 0.3) is 0 Å². The molecule has 33 heavy (non-hydrogen) atoms. The van der Waals surface area contributed by atoms with Crippen LogP contribution in [0.1, 0.15) is 44.6 Å². The molecule has 0 unspecified atom stereocenters. The number of nitrogens with one attached hydrogen (secondary N) is 1. The zero-order valence-electron chi connectivity index (χ0n) is 19.4. The van der Waals surface area contributed by atoms with E-state index in [0.29, 0.717) is 23.1 Å². The number of hydrogen-bond acceptors (Lipinski definition) is 8. The maximum atomic E-state index is 14.4. The lowest BCUT2D eigenvalue weighted by Crippen LogP contribution is -2.45. The Labute approximate surface area is 197 Å². The zero-order valence-corrected chi connectivity index (χ0v) is 20.2. The monoisotopic (exact) mass is 475 g/mol. The average molecular weight is 476 g/mol. The molecule has 178 valence electrons. The van der Waals surface area contributed by atoms with E-state index in [0.717, 1.165) is 37.5 Å². The molecule has 0 saturated carbocycles. The Kier molecular flexibility index (Phi) is 5.78. The molecule has 10 heteroatoms. The van der Waals surface area contributed by atoms with Crippen molar-refractivity contribution in [3.63, 3.8) is 0 Å². The van der Waals surface area contributed by atoms with Crippen molar-refractivity contribution in [2.24, 2.45) is 0 Å². The molecule has 0 aliphatic carbocycles. The third-order valence-electron chi connectivity index (χ3n) is 6.58. The second-order valence-electron chi connectivity index (χ2n) is 9.65. The summed E-state index contributed by atoms with van der Waals surface area (Å²) < 4.78 is 26.7. The van der Waals surface area contributed by atoms with Crippen LogP contribution in [0.4, 0.5) is 15.3 Å². The van der Waals surface area contributed by atoms with Crippen molar-refractivity contribution in [3.8, 4) is 5.75 Å². The second-order valence-corrected chi connectivity index (χ2v) is 10.7. The number of hydrogen-bond donors (Lipinski definition) is 1. The minimum atomic E-state index is -0.518. The summed E-state index contributed by atoms with van der Waals surface area (Å²) in [7, 11) is 0. The van der Waals surface area contributed by atoms with Gasteiger partial charge < -0.3 is 19.7 Å². The van der Waals surface area contributed by atoms with E-state index < -0.39 is 5.95 Å². The molecule has 0 aromatic carbocycles. The summed E-state index contributed by atoms with van der Waals surface area (Å²) in [6, 6.07) is 2.39. The van der Waals surface area contributed by atoms with Gasteiger partial charge in [-0.1, -0.05) is 11.3 Å². The fraction of sp³-hybridized carbons (Fsp3) is 0.609. The first kappa shape index (κ1) is 22.5. The highest BCUT2D eigenvalue weighted by molar-refractivity contribution is 7.15. The van der Waals surface area contributed by atoms with Gasteiger partial charge in [-0.3, -0.25) is 9.69 Å². The number of amides is 1. The molecule has 0 radical (unpaired) electrons. The van der Waals surface area contributed by atoms with Crippen LogP contribution in [0.3, 0.4) is 0 Å². The van der Waals surface area contributed by atoms with Crippen LogP contribution < -0.4 is 15.0 Å². The Bertz CT molecular complexity index is 1050. The summed E-state index contributed by atoms with van der Waals surface area (Å²) in [5, 5.41) is 2.86. The summed E-state index contributed by atoms with van der Waals surface area (Å²) in [6.45, 7) is 10.5. The number of halogens is 1. The fourth-order valence-corrected chi connectivity index (χ4v) is 6.26. The van der Waals surface area contributed by atoms with Gasteiger partial charge in [-0.2, -0.15) is 9.37 Å². The molecule has 2 aromatic heterocycles. The standard InChI is InChI=1S/C23H30FN5O3S/c1-13-6-23(12-29(13)11-19-21(24)27-22(33-19)26-16(4)30)7-17-5-20(25-8-18(17)32-23)28-9-14(2)31-15(3)10-28/h5,8,13-15H,6-7,9-12H2,1-4H3,(H,26,27,30)/t13-,14-,15-,23-/m0/s1. The van der Waals surface area contributed by atoms with Crippen LogP contribution >= 0.6 is 11.3 Å². The topological polar surface area (TPSA) is 79.8 Å². The van der Waals surface area contributed by atoms with Crippen LogP contribution in [-0.2, 0) is 22.5 Å². The van der Waals surface area contributed by atoms with Crippen molar-refractivity contribution in [1.82, 2.24) is 14.9 Å². The lowest BCUT2D eigenvalue weighted by Gasteiger charge is -2.36. The van der Waals surface area contributed by atoms with Crippen LogP contribution in [0, 0.1) is 5.95 Å². The molecular formula is C23H30FN5O3S. The molecule has 5 heterocycles. The highest BCUT2D eigenvalue weighted by Crippen LogP contribution is 2.44. The molecule has 2 aromatic rings. The summed E-state index contributed by atoms with van der Waals surface area (Å²) >= 11 is 1.19. The van der Waals surface area contributed by atoms with Gasteiger partial charge in [0.05, 0.1) is 23.3 Å². The fourth-order valence-electron chi connectivity index (χ4n) is 5.35. The van der Waals surface area contributed by atoms with Gasteiger partial charge in [0.1, 0.15) is 17.2 Å². The number of thiazole rings is 1. The maximum Gasteiger partial charge on any atom is 0.230 e. The Hall–Kier alpha value is -2.30. The van der Waals surface area contributed by atoms with E-state index in [1.54, 1.807) is 0 Å². The van der Waals surface area contributed by atoms with E-state index in [2.05, 4.69) is 51.9 Å². The van der Waals surface area contributed by atoms with Crippen LogP contribution in [0.25, 0.3) is 0 Å². The van der Waals surface area contributed by atoms with Gasteiger partial charge in [-0.05, 0) is 26.8 Å². The molecule has 1 amide bonds. The Morgan fingerprint density at radius 3 is 2.82 bits per heavy atom. The van der Waals surface area contributed by atoms with Crippen LogP contribution in [0.5, 0.6) is 5.75 Å². The number of fused-ring (bicyclic) bond motifs is 1. The maximum absolute atomic E-state index is 14.4. The number of likely N-dealkylation sites (tertiary alicyclic amines) is 1. The Morgan fingerprint density at radius 1 is 1.33 bits per heavy atom. The Balaban J connectivity index is 1.28. The number of carbonyl (C=O) groups excluding carboxylic acids is 1. The quantitative estimate of drug-likeness (QED) is 0.727. The first-order valence-electron chi connectivity index (χ1n) is 11.4. The van der Waals surface area contributed by atoms with Crippen molar-refractivity contribution in [1.29, 1.82) is 0 Å². The highest BCUT2D eigenvalue weighted by Gasteiger charge is 2.48. The van der Waals surface area contributed by atoms with E-state index in [-0.39, 0.29) is 29.8 Å². The van der Waals surface area contributed by atoms with E-state index in [4.69, 9.17) is 9.47 Å². The molecule has 3 aliphatic heterocycles. The van der Waals surface area contributed by atoms with Gasteiger partial charge in [0, 0.05) is 57.5 Å². The summed E-state index contributed by atoms with van der Waals surface area (Å²) in [6.07, 6.45) is 3.88. The van der Waals surface area contributed by atoms with Gasteiger partial charge in [0.2, 0.25) is 11.9 Å². The molecular weight excluding hydrogens is 445 g/mol. The van der Waals surface area contributed by atoms with E-state index >= 15 is 0 Å². The lowest BCUT2D eigenvalue weighted by molar-refractivity contribution is -0.114. The number of morpholine rings is 1. The SMILES string of the molecule is CC(=O)Nc1nc(F)c(CN2C[C@@]3(Cc4cc(N5C[C@H](C)O[C@@H](C)C5)ncc4O3)C[C@@H]2C)s1. The molecule has 5 rings (SSSR count). The smallest absolute Gasteiger partial charge is 0.230 e.